The molecular formula is C13H17NO. The van der Waals surface area contributed by atoms with Crippen LogP contribution in [0, 0.1) is 0 Å². The normalized spacial score (nSPS) is 11.8. The van der Waals surface area contributed by atoms with Gasteiger partial charge in [0, 0.05) is 6.42 Å². The summed E-state index contributed by atoms with van der Waals surface area (Å²) < 4.78 is 0. The Bertz CT molecular complexity index is 319. The average molecular weight is 203 g/mol. The molecule has 0 bridgehead atoms. The second kappa shape index (κ2) is 6.02. The summed E-state index contributed by atoms with van der Waals surface area (Å²) in [5.41, 5.74) is 1.13. The number of carbonyl (C=O) groups excluding carboxylic acids is 1. The largest absolute Gasteiger partial charge is 0.350 e. The smallest absolute Gasteiger partial charge is 0.220 e. The highest BCUT2D eigenvalue weighted by Crippen LogP contribution is 2.11. The van der Waals surface area contributed by atoms with Crippen LogP contribution in [0.1, 0.15) is 31.4 Å². The number of rotatable bonds is 5. The maximum atomic E-state index is 11.4. The Balaban J connectivity index is 2.45. The number of benzene rings is 1. The van der Waals surface area contributed by atoms with Crippen LogP contribution in [0.15, 0.2) is 43.0 Å². The topological polar surface area (TPSA) is 29.1 Å². The molecule has 2 nitrogen and oxygen atoms in total. The highest BCUT2D eigenvalue weighted by atomic mass is 16.1. The monoisotopic (exact) mass is 203 g/mol. The molecule has 0 saturated carbocycles. The first kappa shape index (κ1) is 11.5. The molecule has 0 heterocycles. The van der Waals surface area contributed by atoms with E-state index in [9.17, 15) is 4.79 Å². The van der Waals surface area contributed by atoms with Gasteiger partial charge in [-0.25, -0.2) is 0 Å². The molecule has 0 spiro atoms. The van der Waals surface area contributed by atoms with Gasteiger partial charge in [0.05, 0.1) is 6.04 Å². The molecule has 1 rings (SSSR count). The number of carbonyl (C=O) groups is 1. The van der Waals surface area contributed by atoms with E-state index < -0.39 is 0 Å². The van der Waals surface area contributed by atoms with Crippen LogP contribution in [0.4, 0.5) is 0 Å². The molecule has 2 heteroatoms. The summed E-state index contributed by atoms with van der Waals surface area (Å²) in [5, 5.41) is 2.94. The standard InChI is InChI=1S/C13H17NO/c1-3-4-10-13(15)14-11(2)12-8-6-5-7-9-12/h3,5-9,11H,1,4,10H2,2H3,(H,14,15)/t11-/m0/s1. The summed E-state index contributed by atoms with van der Waals surface area (Å²) in [7, 11) is 0. The molecule has 1 amide bonds. The van der Waals surface area contributed by atoms with Gasteiger partial charge < -0.3 is 5.32 Å². The fourth-order valence-corrected chi connectivity index (χ4v) is 1.37. The molecule has 1 N–H and O–H groups in total. The first-order valence-corrected chi connectivity index (χ1v) is 5.19. The minimum Gasteiger partial charge on any atom is -0.350 e. The lowest BCUT2D eigenvalue weighted by molar-refractivity contribution is -0.121. The fourth-order valence-electron chi connectivity index (χ4n) is 1.37. The Kier molecular flexibility index (Phi) is 4.61. The number of hydrogen-bond acceptors (Lipinski definition) is 1. The summed E-state index contributed by atoms with van der Waals surface area (Å²) in [6.45, 7) is 5.58. The highest BCUT2D eigenvalue weighted by molar-refractivity contribution is 5.76. The lowest BCUT2D eigenvalue weighted by Gasteiger charge is -2.13. The van der Waals surface area contributed by atoms with Crippen LogP contribution < -0.4 is 5.32 Å². The van der Waals surface area contributed by atoms with Crippen molar-refractivity contribution in [1.82, 2.24) is 5.32 Å². The van der Waals surface area contributed by atoms with Crippen molar-refractivity contribution in [2.75, 3.05) is 0 Å². The second-order valence-corrected chi connectivity index (χ2v) is 3.53. The van der Waals surface area contributed by atoms with E-state index in [0.717, 1.165) is 12.0 Å². The molecule has 80 valence electrons. The van der Waals surface area contributed by atoms with Crippen LogP contribution in [0.3, 0.4) is 0 Å². The van der Waals surface area contributed by atoms with Gasteiger partial charge in [0.15, 0.2) is 0 Å². The molecule has 15 heavy (non-hydrogen) atoms. The van der Waals surface area contributed by atoms with Crippen molar-refractivity contribution in [3.63, 3.8) is 0 Å². The minimum atomic E-state index is 0.0727. The second-order valence-electron chi connectivity index (χ2n) is 3.53. The van der Waals surface area contributed by atoms with Crippen LogP contribution in [0.25, 0.3) is 0 Å². The summed E-state index contributed by atoms with van der Waals surface area (Å²) in [5.74, 6) is 0.0752. The van der Waals surface area contributed by atoms with Crippen molar-refractivity contribution >= 4 is 5.91 Å². The van der Waals surface area contributed by atoms with E-state index in [0.29, 0.717) is 6.42 Å². The number of hydrogen-bond donors (Lipinski definition) is 1. The number of amides is 1. The van der Waals surface area contributed by atoms with Crippen LogP contribution in [-0.4, -0.2) is 5.91 Å². The van der Waals surface area contributed by atoms with Gasteiger partial charge in [-0.2, -0.15) is 0 Å². The summed E-state index contributed by atoms with van der Waals surface area (Å²) in [4.78, 5) is 11.4. The Hall–Kier alpha value is -1.57. The molecule has 1 atom stereocenters. The lowest BCUT2D eigenvalue weighted by atomic mass is 10.1. The maximum absolute atomic E-state index is 11.4. The molecule has 0 unspecified atom stereocenters. The summed E-state index contributed by atoms with van der Waals surface area (Å²) in [6, 6.07) is 10.0. The number of nitrogens with one attached hydrogen (secondary N) is 1. The number of allylic oxidation sites excluding steroid dienone is 1. The molecule has 0 saturated heterocycles. The Labute approximate surface area is 91.0 Å². The van der Waals surface area contributed by atoms with E-state index in [1.54, 1.807) is 6.08 Å². The van der Waals surface area contributed by atoms with Crippen molar-refractivity contribution in [1.29, 1.82) is 0 Å². The average Bonchev–Trinajstić information content (AvgIpc) is 2.27. The van der Waals surface area contributed by atoms with E-state index >= 15 is 0 Å². The minimum absolute atomic E-state index is 0.0727. The van der Waals surface area contributed by atoms with Gasteiger partial charge in [-0.1, -0.05) is 36.4 Å². The van der Waals surface area contributed by atoms with Gasteiger partial charge in [-0.15, -0.1) is 6.58 Å². The third-order valence-electron chi connectivity index (χ3n) is 2.25. The Morgan fingerprint density at radius 1 is 1.47 bits per heavy atom. The van der Waals surface area contributed by atoms with Crippen molar-refractivity contribution < 1.29 is 4.79 Å². The summed E-state index contributed by atoms with van der Waals surface area (Å²) >= 11 is 0. The summed E-state index contributed by atoms with van der Waals surface area (Å²) in [6.07, 6.45) is 3.00. The first-order valence-electron chi connectivity index (χ1n) is 5.19. The first-order chi connectivity index (χ1) is 7.24. The third kappa shape index (κ3) is 3.98. The predicted molar refractivity (Wildman–Crippen MR) is 62.4 cm³/mol. The molecule has 1 aromatic rings. The van der Waals surface area contributed by atoms with Crippen molar-refractivity contribution in [3.05, 3.63) is 48.6 Å². The van der Waals surface area contributed by atoms with Gasteiger partial charge in [-0.05, 0) is 18.9 Å². The van der Waals surface area contributed by atoms with Crippen LogP contribution in [0.2, 0.25) is 0 Å². The van der Waals surface area contributed by atoms with Gasteiger partial charge >= 0.3 is 0 Å². The third-order valence-corrected chi connectivity index (χ3v) is 2.25. The van der Waals surface area contributed by atoms with E-state index in [-0.39, 0.29) is 11.9 Å². The van der Waals surface area contributed by atoms with Gasteiger partial charge in [0.25, 0.3) is 0 Å². The Morgan fingerprint density at radius 3 is 2.73 bits per heavy atom. The molecular weight excluding hydrogens is 186 g/mol. The zero-order valence-electron chi connectivity index (χ0n) is 9.07. The molecule has 1 aromatic carbocycles. The van der Waals surface area contributed by atoms with Crippen molar-refractivity contribution in [3.8, 4) is 0 Å². The Morgan fingerprint density at radius 2 is 2.13 bits per heavy atom. The molecule has 0 aliphatic rings. The lowest BCUT2D eigenvalue weighted by Crippen LogP contribution is -2.26. The van der Waals surface area contributed by atoms with Crippen molar-refractivity contribution in [2.45, 2.75) is 25.8 Å². The highest BCUT2D eigenvalue weighted by Gasteiger charge is 2.07. The molecule has 0 fully saturated rings. The van der Waals surface area contributed by atoms with Crippen LogP contribution >= 0.6 is 0 Å². The van der Waals surface area contributed by atoms with Crippen LogP contribution in [0.5, 0.6) is 0 Å². The van der Waals surface area contributed by atoms with E-state index in [4.69, 9.17) is 0 Å². The molecule has 0 aromatic heterocycles. The molecule has 0 radical (unpaired) electrons. The van der Waals surface area contributed by atoms with Gasteiger partial charge in [-0.3, -0.25) is 4.79 Å². The zero-order valence-corrected chi connectivity index (χ0v) is 9.07. The fraction of sp³-hybridized carbons (Fsp3) is 0.308. The molecule has 0 aliphatic carbocycles. The van der Waals surface area contributed by atoms with Crippen molar-refractivity contribution in [2.24, 2.45) is 0 Å². The SMILES string of the molecule is C=CCCC(=O)N[C@@H](C)c1ccccc1. The van der Waals surface area contributed by atoms with Gasteiger partial charge in [0.2, 0.25) is 5.91 Å². The molecule has 0 aliphatic heterocycles. The zero-order chi connectivity index (χ0) is 11.1. The van der Waals surface area contributed by atoms with Gasteiger partial charge in [0.1, 0.15) is 0 Å². The van der Waals surface area contributed by atoms with E-state index in [1.165, 1.54) is 0 Å². The predicted octanol–water partition coefficient (Wildman–Crippen LogP) is 2.83. The maximum Gasteiger partial charge on any atom is 0.220 e. The van der Waals surface area contributed by atoms with E-state index in [2.05, 4.69) is 11.9 Å². The van der Waals surface area contributed by atoms with Crippen LogP contribution in [-0.2, 0) is 4.79 Å². The quantitative estimate of drug-likeness (QED) is 0.732. The van der Waals surface area contributed by atoms with E-state index in [1.807, 2.05) is 37.3 Å².